The third-order valence-corrected chi connectivity index (χ3v) is 6.86. The molecule has 9 heteroatoms. The summed E-state index contributed by atoms with van der Waals surface area (Å²) < 4.78 is 11.5. The Labute approximate surface area is 167 Å². The summed E-state index contributed by atoms with van der Waals surface area (Å²) in [6.45, 7) is 0. The zero-order valence-corrected chi connectivity index (χ0v) is 16.7. The molecule has 27 heavy (non-hydrogen) atoms. The number of nitrogens with zero attached hydrogens (tertiary/aromatic N) is 2. The monoisotopic (exact) mass is 417 g/mol. The summed E-state index contributed by atoms with van der Waals surface area (Å²) in [7, 11) is 1.60. The van der Waals surface area contributed by atoms with Crippen molar-refractivity contribution in [1.82, 2.24) is 10.2 Å². The summed E-state index contributed by atoms with van der Waals surface area (Å²) in [6, 6.07) is 9.67. The number of methoxy groups -OCH3 is 1. The number of carbonyl (C=O) groups is 1. The molecule has 4 rings (SSSR count). The minimum absolute atomic E-state index is 0.153. The molecule has 3 aromatic heterocycles. The van der Waals surface area contributed by atoms with Gasteiger partial charge in [0.25, 0.3) is 0 Å². The molecule has 0 saturated carbocycles. The number of carbonyl (C=O) groups excluding carboxylic acids is 1. The van der Waals surface area contributed by atoms with Gasteiger partial charge in [0.1, 0.15) is 11.3 Å². The molecule has 0 aliphatic rings. The van der Waals surface area contributed by atoms with Gasteiger partial charge in [-0.1, -0.05) is 29.2 Å². The predicted molar refractivity (Wildman–Crippen MR) is 109 cm³/mol. The number of benzene rings is 1. The normalized spacial score (nSPS) is 11.0. The van der Waals surface area contributed by atoms with Crippen molar-refractivity contribution < 1.29 is 13.9 Å². The molecule has 0 aliphatic carbocycles. The van der Waals surface area contributed by atoms with Crippen molar-refractivity contribution in [2.24, 2.45) is 0 Å². The molecule has 0 atom stereocenters. The quantitative estimate of drug-likeness (QED) is 0.343. The Hall–Kier alpha value is -2.36. The highest BCUT2D eigenvalue weighted by atomic mass is 32.2. The van der Waals surface area contributed by atoms with Crippen molar-refractivity contribution in [3.05, 3.63) is 52.4 Å². The van der Waals surface area contributed by atoms with E-state index in [0.29, 0.717) is 16.5 Å². The number of thiophene rings is 1. The molecule has 0 bridgehead atoms. The van der Waals surface area contributed by atoms with Crippen LogP contribution in [0.1, 0.15) is 10.4 Å². The zero-order chi connectivity index (χ0) is 18.6. The fourth-order valence-electron chi connectivity index (χ4n) is 2.51. The Morgan fingerprint density at radius 1 is 1.33 bits per heavy atom. The Morgan fingerprint density at radius 3 is 3.07 bits per heavy atom. The second kappa shape index (κ2) is 8.12. The molecule has 0 fully saturated rings. The van der Waals surface area contributed by atoms with Gasteiger partial charge in [-0.3, -0.25) is 4.79 Å². The van der Waals surface area contributed by atoms with Gasteiger partial charge in [0.15, 0.2) is 4.34 Å². The average molecular weight is 418 g/mol. The second-order valence-corrected chi connectivity index (χ2v) is 8.82. The largest absolute Gasteiger partial charge is 0.497 e. The van der Waals surface area contributed by atoms with E-state index in [1.165, 1.54) is 16.2 Å². The molecule has 0 unspecified atom stereocenters. The molecule has 0 spiro atoms. The zero-order valence-electron chi connectivity index (χ0n) is 14.3. The van der Waals surface area contributed by atoms with Crippen molar-refractivity contribution in [2.45, 2.75) is 16.5 Å². The lowest BCUT2D eigenvalue weighted by molar-refractivity contribution is -0.115. The lowest BCUT2D eigenvalue weighted by Crippen LogP contribution is -2.13. The molecule has 1 amide bonds. The van der Waals surface area contributed by atoms with E-state index in [9.17, 15) is 4.79 Å². The van der Waals surface area contributed by atoms with Gasteiger partial charge < -0.3 is 14.5 Å². The van der Waals surface area contributed by atoms with Gasteiger partial charge in [0, 0.05) is 27.6 Å². The predicted octanol–water partition coefficient (Wildman–Crippen LogP) is 4.83. The Balaban J connectivity index is 1.37. The van der Waals surface area contributed by atoms with Crippen LogP contribution in [0.5, 0.6) is 5.75 Å². The highest BCUT2D eigenvalue weighted by Crippen LogP contribution is 2.30. The number of nitrogens with one attached hydrogen (secondary N) is 1. The van der Waals surface area contributed by atoms with Crippen LogP contribution in [0, 0.1) is 0 Å². The van der Waals surface area contributed by atoms with Crippen LogP contribution in [0.2, 0.25) is 0 Å². The number of hydrogen-bond acceptors (Lipinski definition) is 8. The van der Waals surface area contributed by atoms with Crippen molar-refractivity contribution in [3.63, 3.8) is 0 Å². The number of ether oxygens (including phenoxy) is 1. The highest BCUT2D eigenvalue weighted by molar-refractivity contribution is 8.00. The molecular weight excluding hydrogens is 402 g/mol. The summed E-state index contributed by atoms with van der Waals surface area (Å²) >= 11 is 4.71. The van der Waals surface area contributed by atoms with Gasteiger partial charge in [-0.2, -0.15) is 0 Å². The first-order valence-corrected chi connectivity index (χ1v) is 10.7. The standard InChI is InChI=1S/C18H15N3O3S3/c1-23-12-4-5-14-11(9-24-15(14)8-12)7-16(22)19-17-20-21-18(27-17)26-10-13-3-2-6-25-13/h2-6,8-9H,7,10H2,1H3,(H,19,20,22). The fourth-order valence-corrected chi connectivity index (χ4v) is 5.05. The molecule has 0 aliphatic heterocycles. The Morgan fingerprint density at radius 2 is 2.26 bits per heavy atom. The number of amides is 1. The van der Waals surface area contributed by atoms with E-state index >= 15 is 0 Å². The highest BCUT2D eigenvalue weighted by Gasteiger charge is 2.13. The first kappa shape index (κ1) is 18.0. The first-order chi connectivity index (χ1) is 13.2. The third-order valence-electron chi connectivity index (χ3n) is 3.78. The number of rotatable bonds is 7. The Kier molecular flexibility index (Phi) is 5.42. The van der Waals surface area contributed by atoms with Gasteiger partial charge in [-0.25, -0.2) is 0 Å². The minimum atomic E-state index is -0.153. The molecule has 4 aromatic rings. The van der Waals surface area contributed by atoms with E-state index in [1.807, 2.05) is 18.2 Å². The van der Waals surface area contributed by atoms with Crippen LogP contribution >= 0.6 is 34.4 Å². The maximum absolute atomic E-state index is 12.4. The molecule has 1 N–H and O–H groups in total. The lowest BCUT2D eigenvalue weighted by Gasteiger charge is -2.01. The van der Waals surface area contributed by atoms with Crippen LogP contribution in [0.15, 0.2) is 50.7 Å². The lowest BCUT2D eigenvalue weighted by atomic mass is 10.1. The van der Waals surface area contributed by atoms with Crippen LogP contribution in [-0.2, 0) is 17.0 Å². The van der Waals surface area contributed by atoms with Gasteiger partial charge in [-0.15, -0.1) is 21.5 Å². The third kappa shape index (κ3) is 4.32. The number of aromatic nitrogens is 2. The number of furan rings is 1. The van der Waals surface area contributed by atoms with Gasteiger partial charge in [-0.05, 0) is 23.6 Å². The van der Waals surface area contributed by atoms with E-state index in [1.54, 1.807) is 42.5 Å². The second-order valence-electron chi connectivity index (χ2n) is 5.59. The van der Waals surface area contributed by atoms with Crippen molar-refractivity contribution in [3.8, 4) is 5.75 Å². The Bertz CT molecular complexity index is 1060. The molecule has 1 aromatic carbocycles. The number of hydrogen-bond donors (Lipinski definition) is 1. The minimum Gasteiger partial charge on any atom is -0.497 e. The molecule has 0 saturated heterocycles. The van der Waals surface area contributed by atoms with Crippen LogP contribution in [0.3, 0.4) is 0 Å². The molecular formula is C18H15N3O3S3. The van der Waals surface area contributed by atoms with Gasteiger partial charge >= 0.3 is 0 Å². The van der Waals surface area contributed by atoms with E-state index in [2.05, 4.69) is 27.0 Å². The van der Waals surface area contributed by atoms with Crippen LogP contribution < -0.4 is 10.1 Å². The average Bonchev–Trinajstić information content (AvgIpc) is 3.41. The van der Waals surface area contributed by atoms with E-state index < -0.39 is 0 Å². The molecule has 138 valence electrons. The smallest absolute Gasteiger partial charge is 0.230 e. The molecule has 6 nitrogen and oxygen atoms in total. The summed E-state index contributed by atoms with van der Waals surface area (Å²) in [5, 5.41) is 14.4. The van der Waals surface area contributed by atoms with Crippen LogP contribution in [0.25, 0.3) is 11.0 Å². The van der Waals surface area contributed by atoms with Gasteiger partial charge in [0.05, 0.1) is 19.8 Å². The fraction of sp³-hybridized carbons (Fsp3) is 0.167. The number of fused-ring (bicyclic) bond motifs is 1. The number of anilines is 1. The summed E-state index contributed by atoms with van der Waals surface area (Å²) in [5.41, 5.74) is 1.52. The number of thioether (sulfide) groups is 1. The van der Waals surface area contributed by atoms with Crippen LogP contribution in [-0.4, -0.2) is 23.2 Å². The van der Waals surface area contributed by atoms with Crippen molar-refractivity contribution >= 4 is 56.4 Å². The van der Waals surface area contributed by atoms with E-state index in [4.69, 9.17) is 9.15 Å². The van der Waals surface area contributed by atoms with Crippen molar-refractivity contribution in [2.75, 3.05) is 12.4 Å². The maximum Gasteiger partial charge on any atom is 0.230 e. The summed E-state index contributed by atoms with van der Waals surface area (Å²) in [6.07, 6.45) is 1.81. The van der Waals surface area contributed by atoms with E-state index in [0.717, 1.165) is 21.0 Å². The molecule has 3 heterocycles. The van der Waals surface area contributed by atoms with Crippen molar-refractivity contribution in [1.29, 1.82) is 0 Å². The first-order valence-electron chi connectivity index (χ1n) is 8.04. The van der Waals surface area contributed by atoms with Gasteiger partial charge in [0.2, 0.25) is 11.0 Å². The summed E-state index contributed by atoms with van der Waals surface area (Å²) in [5.74, 6) is 1.42. The topological polar surface area (TPSA) is 77.2 Å². The SMILES string of the molecule is COc1ccc2c(CC(=O)Nc3nnc(SCc4cccs4)s3)coc2c1. The van der Waals surface area contributed by atoms with E-state index in [-0.39, 0.29) is 12.3 Å². The molecule has 0 radical (unpaired) electrons. The summed E-state index contributed by atoms with van der Waals surface area (Å²) in [4.78, 5) is 13.6. The maximum atomic E-state index is 12.4. The van der Waals surface area contributed by atoms with Crippen LogP contribution in [0.4, 0.5) is 5.13 Å².